The van der Waals surface area contributed by atoms with Crippen molar-refractivity contribution < 1.29 is 4.79 Å². The quantitative estimate of drug-likeness (QED) is 0.791. The van der Waals surface area contributed by atoms with Gasteiger partial charge in [0.05, 0.1) is 9.90 Å². The minimum Gasteiger partial charge on any atom is -0.338 e. The van der Waals surface area contributed by atoms with E-state index in [1.807, 2.05) is 4.90 Å². The number of rotatable bonds is 5. The zero-order valence-corrected chi connectivity index (χ0v) is 12.0. The molecular weight excluding hydrogens is 277 g/mol. The molecule has 0 saturated heterocycles. The molecular formula is C12H15Cl2NOS. The fraction of sp³-hybridized carbons (Fsp3) is 0.583. The van der Waals surface area contributed by atoms with Gasteiger partial charge in [0.15, 0.2) is 0 Å². The third-order valence-corrected chi connectivity index (χ3v) is 4.33. The number of hydrogen-bond donors (Lipinski definition) is 0. The van der Waals surface area contributed by atoms with Crippen molar-refractivity contribution in [1.82, 2.24) is 4.90 Å². The fourth-order valence-electron chi connectivity index (χ4n) is 1.81. The van der Waals surface area contributed by atoms with Crippen LogP contribution in [0.25, 0.3) is 0 Å². The lowest BCUT2D eigenvalue weighted by molar-refractivity contribution is 0.0748. The van der Waals surface area contributed by atoms with Crippen molar-refractivity contribution in [2.24, 2.45) is 5.92 Å². The van der Waals surface area contributed by atoms with E-state index in [2.05, 4.69) is 6.92 Å². The highest BCUT2D eigenvalue weighted by molar-refractivity contribution is 7.20. The second kappa shape index (κ2) is 5.59. The van der Waals surface area contributed by atoms with Gasteiger partial charge in [-0.3, -0.25) is 4.79 Å². The molecule has 17 heavy (non-hydrogen) atoms. The van der Waals surface area contributed by atoms with Crippen LogP contribution >= 0.6 is 34.5 Å². The number of nitrogens with zero attached hydrogens (tertiary/aromatic N) is 1. The third-order valence-electron chi connectivity index (χ3n) is 2.84. The molecule has 1 saturated carbocycles. The first-order chi connectivity index (χ1) is 8.11. The highest BCUT2D eigenvalue weighted by atomic mass is 35.5. The summed E-state index contributed by atoms with van der Waals surface area (Å²) in [6.07, 6.45) is 3.45. The summed E-state index contributed by atoms with van der Waals surface area (Å²) in [5.74, 6) is 0.713. The van der Waals surface area contributed by atoms with Gasteiger partial charge in [-0.05, 0) is 31.2 Å². The number of carbonyl (C=O) groups excluding carboxylic acids is 1. The van der Waals surface area contributed by atoms with Crippen molar-refractivity contribution in [2.45, 2.75) is 26.2 Å². The van der Waals surface area contributed by atoms with E-state index in [9.17, 15) is 4.79 Å². The Morgan fingerprint density at radius 1 is 1.53 bits per heavy atom. The molecule has 1 fully saturated rings. The van der Waals surface area contributed by atoms with Crippen LogP contribution < -0.4 is 0 Å². The number of amides is 1. The van der Waals surface area contributed by atoms with E-state index in [0.717, 1.165) is 19.5 Å². The van der Waals surface area contributed by atoms with Crippen LogP contribution in [0.2, 0.25) is 8.67 Å². The van der Waals surface area contributed by atoms with Crippen LogP contribution in [0.3, 0.4) is 0 Å². The molecule has 1 aliphatic rings. The van der Waals surface area contributed by atoms with Crippen LogP contribution in [0, 0.1) is 5.92 Å². The Kier molecular flexibility index (Phi) is 4.34. The van der Waals surface area contributed by atoms with E-state index < -0.39 is 0 Å². The van der Waals surface area contributed by atoms with Crippen LogP contribution in [0.1, 0.15) is 36.5 Å². The molecule has 0 spiro atoms. The molecule has 94 valence electrons. The van der Waals surface area contributed by atoms with E-state index in [-0.39, 0.29) is 5.91 Å². The van der Waals surface area contributed by atoms with E-state index in [0.29, 0.717) is 20.2 Å². The Balaban J connectivity index is 2.11. The van der Waals surface area contributed by atoms with Crippen molar-refractivity contribution >= 4 is 40.4 Å². The number of hydrogen-bond acceptors (Lipinski definition) is 2. The molecule has 1 heterocycles. The Hall–Kier alpha value is -0.250. The summed E-state index contributed by atoms with van der Waals surface area (Å²) in [6, 6.07) is 1.67. The zero-order chi connectivity index (χ0) is 12.4. The summed E-state index contributed by atoms with van der Waals surface area (Å²) in [6.45, 7) is 3.73. The van der Waals surface area contributed by atoms with Crippen molar-refractivity contribution in [3.63, 3.8) is 0 Å². The molecule has 1 aromatic heterocycles. The summed E-state index contributed by atoms with van der Waals surface area (Å²) >= 11 is 13.1. The SMILES string of the molecule is CCCN(CC1CC1)C(=O)c1cc(Cl)sc1Cl. The number of halogens is 2. The number of carbonyl (C=O) groups is 1. The van der Waals surface area contributed by atoms with Gasteiger partial charge in [-0.15, -0.1) is 11.3 Å². The van der Waals surface area contributed by atoms with Gasteiger partial charge in [0.1, 0.15) is 4.34 Å². The lowest BCUT2D eigenvalue weighted by Crippen LogP contribution is -2.33. The van der Waals surface area contributed by atoms with Gasteiger partial charge in [-0.2, -0.15) is 0 Å². The van der Waals surface area contributed by atoms with Gasteiger partial charge in [-0.25, -0.2) is 0 Å². The summed E-state index contributed by atoms with van der Waals surface area (Å²) in [5, 5.41) is 0. The highest BCUT2D eigenvalue weighted by Crippen LogP contribution is 2.34. The summed E-state index contributed by atoms with van der Waals surface area (Å²) in [7, 11) is 0. The lowest BCUT2D eigenvalue weighted by atomic mass is 10.2. The molecule has 5 heteroatoms. The average Bonchev–Trinajstić information content (AvgIpc) is 3.02. The Morgan fingerprint density at radius 3 is 2.71 bits per heavy atom. The monoisotopic (exact) mass is 291 g/mol. The van der Waals surface area contributed by atoms with E-state index in [4.69, 9.17) is 23.2 Å². The van der Waals surface area contributed by atoms with Crippen LogP contribution in [-0.4, -0.2) is 23.9 Å². The van der Waals surface area contributed by atoms with Gasteiger partial charge >= 0.3 is 0 Å². The maximum atomic E-state index is 12.3. The largest absolute Gasteiger partial charge is 0.338 e. The van der Waals surface area contributed by atoms with Crippen LogP contribution in [0.4, 0.5) is 0 Å². The maximum absolute atomic E-state index is 12.3. The molecule has 2 nitrogen and oxygen atoms in total. The maximum Gasteiger partial charge on any atom is 0.256 e. The number of thiophene rings is 1. The molecule has 2 rings (SSSR count). The minimum atomic E-state index is 0.0203. The van der Waals surface area contributed by atoms with Gasteiger partial charge in [0.2, 0.25) is 0 Å². The predicted octanol–water partition coefficient (Wildman–Crippen LogP) is 4.32. The van der Waals surface area contributed by atoms with Crippen LogP contribution in [0.5, 0.6) is 0 Å². The first-order valence-corrected chi connectivity index (χ1v) is 7.43. The van der Waals surface area contributed by atoms with Crippen LogP contribution in [0.15, 0.2) is 6.07 Å². The molecule has 1 aliphatic carbocycles. The van der Waals surface area contributed by atoms with Crippen molar-refractivity contribution in [3.05, 3.63) is 20.3 Å². The molecule has 0 atom stereocenters. The molecule has 0 aliphatic heterocycles. The second-order valence-corrected chi connectivity index (χ2v) is 6.72. The first kappa shape index (κ1) is 13.2. The molecule has 1 aromatic rings. The van der Waals surface area contributed by atoms with E-state index in [1.54, 1.807) is 6.07 Å². The van der Waals surface area contributed by atoms with Crippen molar-refractivity contribution in [3.8, 4) is 0 Å². The normalized spacial score (nSPS) is 15.0. The molecule has 0 bridgehead atoms. The standard InChI is InChI=1S/C12H15Cl2NOS/c1-2-5-15(7-8-3-4-8)12(16)9-6-10(13)17-11(9)14/h6,8H,2-5,7H2,1H3. The van der Waals surface area contributed by atoms with Crippen molar-refractivity contribution in [1.29, 1.82) is 0 Å². The molecule has 0 radical (unpaired) electrons. The van der Waals surface area contributed by atoms with E-state index >= 15 is 0 Å². The summed E-state index contributed by atoms with van der Waals surface area (Å²) < 4.78 is 1.07. The third kappa shape index (κ3) is 3.36. The Bertz CT molecular complexity index is 415. The van der Waals surface area contributed by atoms with Crippen LogP contribution in [-0.2, 0) is 0 Å². The Labute approximate surface area is 116 Å². The average molecular weight is 292 g/mol. The van der Waals surface area contributed by atoms with Gasteiger partial charge in [0, 0.05) is 13.1 Å². The molecule has 0 N–H and O–H groups in total. The fourth-order valence-corrected chi connectivity index (χ4v) is 3.26. The predicted molar refractivity (Wildman–Crippen MR) is 73.3 cm³/mol. The first-order valence-electron chi connectivity index (χ1n) is 5.86. The Morgan fingerprint density at radius 2 is 2.24 bits per heavy atom. The zero-order valence-electron chi connectivity index (χ0n) is 9.71. The van der Waals surface area contributed by atoms with Crippen molar-refractivity contribution in [2.75, 3.05) is 13.1 Å². The molecule has 0 unspecified atom stereocenters. The smallest absolute Gasteiger partial charge is 0.256 e. The second-order valence-electron chi connectivity index (χ2n) is 4.43. The summed E-state index contributed by atoms with van der Waals surface area (Å²) in [4.78, 5) is 14.2. The van der Waals surface area contributed by atoms with E-state index in [1.165, 1.54) is 24.2 Å². The topological polar surface area (TPSA) is 20.3 Å². The highest BCUT2D eigenvalue weighted by Gasteiger charge is 2.28. The van der Waals surface area contributed by atoms with Gasteiger partial charge < -0.3 is 4.90 Å². The molecule has 0 aromatic carbocycles. The lowest BCUT2D eigenvalue weighted by Gasteiger charge is -2.21. The summed E-state index contributed by atoms with van der Waals surface area (Å²) in [5.41, 5.74) is 0.552. The minimum absolute atomic E-state index is 0.0203. The van der Waals surface area contributed by atoms with Gasteiger partial charge in [0.25, 0.3) is 5.91 Å². The molecule has 1 amide bonds. The van der Waals surface area contributed by atoms with Gasteiger partial charge in [-0.1, -0.05) is 30.1 Å².